The van der Waals surface area contributed by atoms with E-state index < -0.39 is 0 Å². The van der Waals surface area contributed by atoms with Gasteiger partial charge < -0.3 is 16.2 Å². The quantitative estimate of drug-likeness (QED) is 0.764. The van der Waals surface area contributed by atoms with Gasteiger partial charge in [0.05, 0.1) is 0 Å². The molecular weight excluding hydrogens is 266 g/mol. The zero-order valence-electron chi connectivity index (χ0n) is 11.1. The van der Waals surface area contributed by atoms with Gasteiger partial charge in [0.25, 0.3) is 0 Å². The van der Waals surface area contributed by atoms with E-state index in [1.54, 1.807) is 0 Å². The molecule has 0 spiro atoms. The highest BCUT2D eigenvalue weighted by Crippen LogP contribution is 2.28. The Kier molecular flexibility index (Phi) is 3.34. The van der Waals surface area contributed by atoms with Gasteiger partial charge in [-0.2, -0.15) is 4.98 Å². The summed E-state index contributed by atoms with van der Waals surface area (Å²) < 4.78 is 5.77. The normalized spacial score (nSPS) is 10.3. The summed E-state index contributed by atoms with van der Waals surface area (Å²) >= 11 is 0. The molecule has 0 saturated heterocycles. The molecule has 2 aromatic carbocycles. The molecule has 1 aromatic heterocycles. The SMILES string of the molecule is Nc1nnc(-c2cccc(Oc3ccccc3)c2)c(N)n1. The number of nitrogen functional groups attached to an aromatic ring is 2. The summed E-state index contributed by atoms with van der Waals surface area (Å²) in [6.45, 7) is 0. The summed E-state index contributed by atoms with van der Waals surface area (Å²) in [5.41, 5.74) is 12.5. The van der Waals surface area contributed by atoms with Crippen LogP contribution < -0.4 is 16.2 Å². The Morgan fingerprint density at radius 1 is 0.810 bits per heavy atom. The maximum absolute atomic E-state index is 5.82. The Morgan fingerprint density at radius 2 is 1.57 bits per heavy atom. The van der Waals surface area contributed by atoms with Gasteiger partial charge in [0.2, 0.25) is 5.95 Å². The average Bonchev–Trinajstić information content (AvgIpc) is 2.48. The molecule has 4 N–H and O–H groups in total. The molecule has 0 unspecified atom stereocenters. The van der Waals surface area contributed by atoms with Crippen LogP contribution in [0.5, 0.6) is 11.5 Å². The summed E-state index contributed by atoms with van der Waals surface area (Å²) in [6.07, 6.45) is 0. The number of para-hydroxylation sites is 1. The molecular formula is C15H13N5O. The molecule has 6 nitrogen and oxygen atoms in total. The van der Waals surface area contributed by atoms with Gasteiger partial charge in [-0.05, 0) is 24.3 Å². The molecule has 0 aliphatic carbocycles. The number of anilines is 2. The molecule has 0 aliphatic rings. The minimum absolute atomic E-state index is 0.0490. The first-order valence-corrected chi connectivity index (χ1v) is 6.31. The fourth-order valence-electron chi connectivity index (χ4n) is 1.89. The largest absolute Gasteiger partial charge is 0.457 e. The number of benzene rings is 2. The van der Waals surface area contributed by atoms with E-state index in [2.05, 4.69) is 15.2 Å². The van der Waals surface area contributed by atoms with Crippen LogP contribution in [-0.4, -0.2) is 15.2 Å². The Labute approximate surface area is 121 Å². The van der Waals surface area contributed by atoms with Gasteiger partial charge in [-0.25, -0.2) is 0 Å². The third-order valence-electron chi connectivity index (χ3n) is 2.82. The van der Waals surface area contributed by atoms with E-state index in [-0.39, 0.29) is 11.8 Å². The summed E-state index contributed by atoms with van der Waals surface area (Å²) in [6, 6.07) is 16.9. The van der Waals surface area contributed by atoms with E-state index >= 15 is 0 Å². The molecule has 0 saturated carbocycles. The number of aromatic nitrogens is 3. The maximum Gasteiger partial charge on any atom is 0.242 e. The second-order valence-electron chi connectivity index (χ2n) is 4.35. The molecule has 6 heteroatoms. The zero-order valence-corrected chi connectivity index (χ0v) is 11.1. The second-order valence-corrected chi connectivity index (χ2v) is 4.35. The van der Waals surface area contributed by atoms with Gasteiger partial charge >= 0.3 is 0 Å². The third-order valence-corrected chi connectivity index (χ3v) is 2.82. The first-order valence-electron chi connectivity index (χ1n) is 6.31. The summed E-state index contributed by atoms with van der Waals surface area (Å²) in [7, 11) is 0. The molecule has 104 valence electrons. The average molecular weight is 279 g/mol. The number of rotatable bonds is 3. The minimum atomic E-state index is 0.0490. The van der Waals surface area contributed by atoms with Crippen LogP contribution in [0.15, 0.2) is 54.6 Å². The van der Waals surface area contributed by atoms with Crippen LogP contribution in [0.25, 0.3) is 11.3 Å². The molecule has 3 aromatic rings. The van der Waals surface area contributed by atoms with Crippen molar-refractivity contribution in [3.05, 3.63) is 54.6 Å². The first-order chi connectivity index (χ1) is 10.2. The molecule has 21 heavy (non-hydrogen) atoms. The smallest absolute Gasteiger partial charge is 0.242 e. The van der Waals surface area contributed by atoms with Crippen LogP contribution in [0, 0.1) is 0 Å². The lowest BCUT2D eigenvalue weighted by Gasteiger charge is -2.08. The fraction of sp³-hybridized carbons (Fsp3) is 0. The molecule has 0 amide bonds. The topological polar surface area (TPSA) is 99.9 Å². The van der Waals surface area contributed by atoms with Crippen LogP contribution >= 0.6 is 0 Å². The second kappa shape index (κ2) is 5.46. The molecule has 0 fully saturated rings. The molecule has 0 bridgehead atoms. The van der Waals surface area contributed by atoms with Gasteiger partial charge in [0.1, 0.15) is 17.2 Å². The molecule has 3 rings (SSSR count). The van der Waals surface area contributed by atoms with E-state index in [1.165, 1.54) is 0 Å². The highest BCUT2D eigenvalue weighted by atomic mass is 16.5. The highest BCUT2D eigenvalue weighted by Gasteiger charge is 2.08. The fourth-order valence-corrected chi connectivity index (χ4v) is 1.89. The van der Waals surface area contributed by atoms with Crippen LogP contribution in [0.2, 0.25) is 0 Å². The van der Waals surface area contributed by atoms with Crippen LogP contribution in [0.1, 0.15) is 0 Å². The Balaban J connectivity index is 1.93. The number of nitrogens with zero attached hydrogens (tertiary/aromatic N) is 3. The third kappa shape index (κ3) is 2.89. The van der Waals surface area contributed by atoms with Crippen molar-refractivity contribution in [1.29, 1.82) is 0 Å². The van der Waals surface area contributed by atoms with Crippen molar-refractivity contribution in [2.75, 3.05) is 11.5 Å². The molecule has 0 atom stereocenters. The van der Waals surface area contributed by atoms with E-state index in [9.17, 15) is 0 Å². The van der Waals surface area contributed by atoms with E-state index in [4.69, 9.17) is 16.2 Å². The summed E-state index contributed by atoms with van der Waals surface area (Å²) in [5.74, 6) is 1.72. The van der Waals surface area contributed by atoms with Crippen LogP contribution in [-0.2, 0) is 0 Å². The lowest BCUT2D eigenvalue weighted by Crippen LogP contribution is -2.04. The predicted molar refractivity (Wildman–Crippen MR) is 80.6 cm³/mol. The molecule has 0 aliphatic heterocycles. The zero-order chi connectivity index (χ0) is 14.7. The van der Waals surface area contributed by atoms with Crippen molar-refractivity contribution >= 4 is 11.8 Å². The van der Waals surface area contributed by atoms with E-state index in [0.29, 0.717) is 11.4 Å². The van der Waals surface area contributed by atoms with Crippen LogP contribution in [0.3, 0.4) is 0 Å². The van der Waals surface area contributed by atoms with Gasteiger partial charge in [0, 0.05) is 5.56 Å². The van der Waals surface area contributed by atoms with Crippen molar-refractivity contribution in [2.45, 2.75) is 0 Å². The summed E-state index contributed by atoms with van der Waals surface area (Å²) in [4.78, 5) is 3.90. The minimum Gasteiger partial charge on any atom is -0.457 e. The standard InChI is InChI=1S/C15H13N5O/c16-14-13(19-20-15(17)18-14)10-5-4-8-12(9-10)21-11-6-2-1-3-7-11/h1-9H,(H4,16,17,18,20). The molecule has 1 heterocycles. The van der Waals surface area contributed by atoms with E-state index in [1.807, 2.05) is 54.6 Å². The van der Waals surface area contributed by atoms with Gasteiger partial charge in [0.15, 0.2) is 5.82 Å². The monoisotopic (exact) mass is 279 g/mol. The Bertz CT molecular complexity index is 761. The maximum atomic E-state index is 5.82. The Hall–Kier alpha value is -3.15. The van der Waals surface area contributed by atoms with Crippen molar-refractivity contribution < 1.29 is 4.74 Å². The van der Waals surface area contributed by atoms with Crippen molar-refractivity contribution in [2.24, 2.45) is 0 Å². The van der Waals surface area contributed by atoms with Crippen molar-refractivity contribution in [1.82, 2.24) is 15.2 Å². The van der Waals surface area contributed by atoms with Crippen LogP contribution in [0.4, 0.5) is 11.8 Å². The highest BCUT2D eigenvalue weighted by molar-refractivity contribution is 5.70. The predicted octanol–water partition coefficient (Wildman–Crippen LogP) is 2.50. The van der Waals surface area contributed by atoms with Gasteiger partial charge in [-0.1, -0.05) is 30.3 Å². The van der Waals surface area contributed by atoms with Crippen molar-refractivity contribution in [3.8, 4) is 22.8 Å². The number of ether oxygens (including phenoxy) is 1. The lowest BCUT2D eigenvalue weighted by atomic mass is 10.1. The van der Waals surface area contributed by atoms with Crippen molar-refractivity contribution in [3.63, 3.8) is 0 Å². The summed E-state index contributed by atoms with van der Waals surface area (Å²) in [5, 5.41) is 7.70. The lowest BCUT2D eigenvalue weighted by molar-refractivity contribution is 0.483. The van der Waals surface area contributed by atoms with Gasteiger partial charge in [-0.15, -0.1) is 10.2 Å². The number of hydrogen-bond acceptors (Lipinski definition) is 6. The molecule has 0 radical (unpaired) electrons. The number of hydrogen-bond donors (Lipinski definition) is 2. The number of nitrogens with two attached hydrogens (primary N) is 2. The van der Waals surface area contributed by atoms with Gasteiger partial charge in [-0.3, -0.25) is 0 Å². The Morgan fingerprint density at radius 3 is 2.33 bits per heavy atom. The van der Waals surface area contributed by atoms with E-state index in [0.717, 1.165) is 11.3 Å². The first kappa shape index (κ1) is 12.9.